The fourth-order valence-electron chi connectivity index (χ4n) is 6.68. The zero-order valence-corrected chi connectivity index (χ0v) is 26.0. The molecule has 0 aliphatic heterocycles. The van der Waals surface area contributed by atoms with Gasteiger partial charge in [-0.3, -0.25) is 4.98 Å². The van der Waals surface area contributed by atoms with E-state index in [0.717, 1.165) is 44.1 Å². The Morgan fingerprint density at radius 1 is 0.841 bits per heavy atom. The number of nitrogens with zero attached hydrogens (tertiary/aromatic N) is 1. The van der Waals surface area contributed by atoms with E-state index in [9.17, 15) is 0 Å². The summed E-state index contributed by atoms with van der Waals surface area (Å²) in [6.45, 7) is 8.29. The lowest BCUT2D eigenvalue weighted by Crippen LogP contribution is -2.07. The third-order valence-electron chi connectivity index (χ3n) is 8.87. The Labute approximate surface area is 263 Å². The van der Waals surface area contributed by atoms with Crippen molar-refractivity contribution in [3.63, 3.8) is 0 Å². The monoisotopic (exact) mass is 571 g/mol. The average molecular weight is 572 g/mol. The summed E-state index contributed by atoms with van der Waals surface area (Å²) in [6.07, 6.45) is 32.4. The third-order valence-corrected chi connectivity index (χ3v) is 8.87. The topological polar surface area (TPSA) is 12.9 Å². The predicted molar refractivity (Wildman–Crippen MR) is 191 cm³/mol. The first-order chi connectivity index (χ1) is 21.7. The molecule has 2 aliphatic rings. The molecule has 0 fully saturated rings. The molecule has 0 saturated carbocycles. The van der Waals surface area contributed by atoms with Crippen LogP contribution in [0.1, 0.15) is 66.5 Å². The van der Waals surface area contributed by atoms with Crippen molar-refractivity contribution in [2.24, 2.45) is 0 Å². The van der Waals surface area contributed by atoms with E-state index in [4.69, 9.17) is 0 Å². The Kier molecular flexibility index (Phi) is 9.13. The molecule has 0 atom stereocenters. The molecule has 1 nitrogen and oxygen atoms in total. The minimum absolute atomic E-state index is 0.839. The number of benzene rings is 3. The summed E-state index contributed by atoms with van der Waals surface area (Å²) < 4.78 is 0. The van der Waals surface area contributed by atoms with Gasteiger partial charge in [0.05, 0.1) is 0 Å². The van der Waals surface area contributed by atoms with Crippen LogP contribution in [-0.4, -0.2) is 4.98 Å². The molecular formula is C43H41N. The first kappa shape index (κ1) is 29.3. The van der Waals surface area contributed by atoms with Gasteiger partial charge in [-0.1, -0.05) is 105 Å². The van der Waals surface area contributed by atoms with Crippen LogP contribution in [0.5, 0.6) is 0 Å². The molecule has 3 aromatic carbocycles. The summed E-state index contributed by atoms with van der Waals surface area (Å²) in [7, 11) is 0. The van der Waals surface area contributed by atoms with Gasteiger partial charge in [0, 0.05) is 12.4 Å². The normalized spacial score (nSPS) is 15.1. The summed E-state index contributed by atoms with van der Waals surface area (Å²) in [5.41, 5.74) is 14.7. The van der Waals surface area contributed by atoms with Gasteiger partial charge < -0.3 is 0 Å². The lowest BCUT2D eigenvalue weighted by molar-refractivity contribution is 0.911. The molecule has 6 rings (SSSR count). The Morgan fingerprint density at radius 3 is 2.27 bits per heavy atom. The van der Waals surface area contributed by atoms with Crippen LogP contribution in [0.2, 0.25) is 0 Å². The van der Waals surface area contributed by atoms with Gasteiger partial charge in [-0.05, 0) is 142 Å². The maximum atomic E-state index is 4.18. The van der Waals surface area contributed by atoms with Gasteiger partial charge >= 0.3 is 0 Å². The van der Waals surface area contributed by atoms with Crippen molar-refractivity contribution in [2.75, 3.05) is 0 Å². The zero-order valence-electron chi connectivity index (χ0n) is 26.0. The number of fused-ring (bicyclic) bond motifs is 6. The minimum Gasteiger partial charge on any atom is -0.265 e. The lowest BCUT2D eigenvalue weighted by Gasteiger charge is -2.24. The van der Waals surface area contributed by atoms with Crippen molar-refractivity contribution in [2.45, 2.75) is 52.4 Å². The molecule has 2 aliphatic carbocycles. The van der Waals surface area contributed by atoms with E-state index < -0.39 is 0 Å². The van der Waals surface area contributed by atoms with Crippen molar-refractivity contribution in [1.29, 1.82) is 0 Å². The van der Waals surface area contributed by atoms with Crippen LogP contribution in [0.25, 0.3) is 39.6 Å². The van der Waals surface area contributed by atoms with Crippen molar-refractivity contribution >= 4 is 28.5 Å². The highest BCUT2D eigenvalue weighted by molar-refractivity contribution is 6.01. The second-order valence-corrected chi connectivity index (χ2v) is 11.6. The van der Waals surface area contributed by atoms with E-state index in [-0.39, 0.29) is 0 Å². The third kappa shape index (κ3) is 6.15. The van der Waals surface area contributed by atoms with E-state index in [1.54, 1.807) is 11.1 Å². The van der Waals surface area contributed by atoms with Crippen LogP contribution in [0.3, 0.4) is 0 Å². The standard InChI is InChI=1S/C43H41N/c1-4-12-33(13-5-2)36(21-20-31-24-26-44-27-25-31)28-32(6-3)34-14-11-15-35(29-34)37-22-23-42-40-18-8-7-16-38(40)39-17-9-10-19-41(39)43(42)30-37/h4-5,8,10-15,18-19,21-30H,1,6-7,9,16-17,20H2,2-3H3/b13-5-,32-28+,33-12+,36-21+. The van der Waals surface area contributed by atoms with Crippen LogP contribution in [-0.2, 0) is 19.3 Å². The fourth-order valence-corrected chi connectivity index (χ4v) is 6.68. The summed E-state index contributed by atoms with van der Waals surface area (Å²) in [4.78, 5) is 4.18. The molecule has 218 valence electrons. The Hall–Kier alpha value is -4.75. The van der Waals surface area contributed by atoms with E-state index in [0.29, 0.717) is 0 Å². The van der Waals surface area contributed by atoms with Gasteiger partial charge in [0.15, 0.2) is 0 Å². The van der Waals surface area contributed by atoms with Gasteiger partial charge in [-0.15, -0.1) is 0 Å². The number of hydrogen-bond acceptors (Lipinski definition) is 1. The zero-order chi connectivity index (χ0) is 30.3. The van der Waals surface area contributed by atoms with E-state index >= 15 is 0 Å². The van der Waals surface area contributed by atoms with Crippen LogP contribution in [0.4, 0.5) is 0 Å². The number of pyridine rings is 1. The molecule has 0 saturated heterocycles. The Morgan fingerprint density at radius 2 is 1.57 bits per heavy atom. The maximum Gasteiger partial charge on any atom is 0.0270 e. The quantitative estimate of drug-likeness (QED) is 0.182. The molecule has 44 heavy (non-hydrogen) atoms. The first-order valence-corrected chi connectivity index (χ1v) is 16.0. The first-order valence-electron chi connectivity index (χ1n) is 16.0. The van der Waals surface area contributed by atoms with Gasteiger partial charge in [0.25, 0.3) is 0 Å². The van der Waals surface area contributed by atoms with Crippen LogP contribution < -0.4 is 0 Å². The number of hydrogen-bond donors (Lipinski definition) is 0. The second-order valence-electron chi connectivity index (χ2n) is 11.6. The second kappa shape index (κ2) is 13.7. The van der Waals surface area contributed by atoms with E-state index in [2.05, 4.69) is 135 Å². The molecule has 0 N–H and O–H groups in total. The number of allylic oxidation sites excluding steroid dienone is 11. The highest BCUT2D eigenvalue weighted by Crippen LogP contribution is 2.40. The molecule has 4 aromatic rings. The van der Waals surface area contributed by atoms with Gasteiger partial charge in [0.1, 0.15) is 0 Å². The minimum atomic E-state index is 0.839. The molecule has 1 aromatic heterocycles. The summed E-state index contributed by atoms with van der Waals surface area (Å²) in [5.74, 6) is 0. The molecule has 1 heterocycles. The van der Waals surface area contributed by atoms with Crippen molar-refractivity contribution in [1.82, 2.24) is 4.98 Å². The van der Waals surface area contributed by atoms with E-state index in [1.165, 1.54) is 55.3 Å². The molecule has 1 heteroatoms. The van der Waals surface area contributed by atoms with Crippen molar-refractivity contribution in [3.05, 3.63) is 167 Å². The number of rotatable bonds is 9. The number of aromatic nitrogens is 1. The molecule has 0 unspecified atom stereocenters. The van der Waals surface area contributed by atoms with Gasteiger partial charge in [0.2, 0.25) is 0 Å². The summed E-state index contributed by atoms with van der Waals surface area (Å²) in [6, 6.07) is 20.3. The van der Waals surface area contributed by atoms with Gasteiger partial charge in [-0.2, -0.15) is 0 Å². The van der Waals surface area contributed by atoms with Crippen LogP contribution >= 0.6 is 0 Å². The molecule has 0 amide bonds. The average Bonchev–Trinajstić information content (AvgIpc) is 3.09. The Bertz CT molecular complexity index is 1870. The fraction of sp³-hybridized carbons (Fsp3) is 0.186. The lowest BCUT2D eigenvalue weighted by atomic mass is 9.80. The molecule has 0 radical (unpaired) electrons. The van der Waals surface area contributed by atoms with Crippen molar-refractivity contribution in [3.8, 4) is 11.1 Å². The SMILES string of the molecule is C=C/C=C(\C=C/C)C(=C/Cc1ccncc1)/C=C(\CC)c1cccc(-c2ccc3c4c(c5c(c3c2)C=CCC5)CCC=C4)c1. The highest BCUT2D eigenvalue weighted by atomic mass is 14.6. The molecular weight excluding hydrogens is 530 g/mol. The maximum absolute atomic E-state index is 4.18. The van der Waals surface area contributed by atoms with Crippen LogP contribution in [0, 0.1) is 0 Å². The Balaban J connectivity index is 1.42. The molecule has 0 bridgehead atoms. The van der Waals surface area contributed by atoms with Gasteiger partial charge in [-0.25, -0.2) is 0 Å². The predicted octanol–water partition coefficient (Wildman–Crippen LogP) is 11.5. The van der Waals surface area contributed by atoms with E-state index in [1.807, 2.05) is 18.5 Å². The summed E-state index contributed by atoms with van der Waals surface area (Å²) >= 11 is 0. The summed E-state index contributed by atoms with van der Waals surface area (Å²) in [5, 5.41) is 2.76. The van der Waals surface area contributed by atoms with Crippen molar-refractivity contribution < 1.29 is 0 Å². The largest absolute Gasteiger partial charge is 0.265 e. The highest BCUT2D eigenvalue weighted by Gasteiger charge is 2.20. The molecule has 0 spiro atoms. The smallest absolute Gasteiger partial charge is 0.0270 e. The van der Waals surface area contributed by atoms with Crippen LogP contribution in [0.15, 0.2) is 133 Å².